The Labute approximate surface area is 307 Å². The van der Waals surface area contributed by atoms with Gasteiger partial charge in [0, 0.05) is 46.7 Å². The van der Waals surface area contributed by atoms with Crippen LogP contribution in [0.2, 0.25) is 0 Å². The van der Waals surface area contributed by atoms with E-state index in [0.717, 1.165) is 5.56 Å². The number of rotatable bonds is 13. The van der Waals surface area contributed by atoms with Crippen LogP contribution in [-0.2, 0) is 14.8 Å². The third-order valence-corrected chi connectivity index (χ3v) is 9.95. The summed E-state index contributed by atoms with van der Waals surface area (Å²) in [6, 6.07) is 9.67. The Morgan fingerprint density at radius 1 is 0.943 bits per heavy atom. The molecule has 0 aliphatic carbocycles. The van der Waals surface area contributed by atoms with Crippen LogP contribution in [0.4, 0.5) is 41.1 Å². The Hall–Kier alpha value is -5.73. The maximum absolute atomic E-state index is 13.3. The number of nitrogens with two attached hydrogens (primary N) is 2. The first kappa shape index (κ1) is 37.0. The SMILES string of the molecule is COc1cc(C2CC(c3ccc(S(=O)(=O)NCCNc4nc(N(C)C)nc(N5CCOCC5)n4)cc3)=Nc3c(N)nc(N)nc3N2)cc(OC)c1OC. The van der Waals surface area contributed by atoms with E-state index in [1.165, 1.54) is 33.5 Å². The highest BCUT2D eigenvalue weighted by Gasteiger charge is 2.27. The minimum absolute atomic E-state index is 0.0161. The first-order valence-corrected chi connectivity index (χ1v) is 18.1. The minimum Gasteiger partial charge on any atom is -0.493 e. The summed E-state index contributed by atoms with van der Waals surface area (Å²) in [6.45, 7) is 2.81. The van der Waals surface area contributed by atoms with Crippen LogP contribution < -0.4 is 50.8 Å². The van der Waals surface area contributed by atoms with Gasteiger partial charge in [-0.15, -0.1) is 0 Å². The largest absolute Gasteiger partial charge is 0.493 e. The van der Waals surface area contributed by atoms with E-state index < -0.39 is 16.1 Å². The zero-order valence-corrected chi connectivity index (χ0v) is 30.9. The molecule has 1 fully saturated rings. The molecular weight excluding hydrogens is 707 g/mol. The monoisotopic (exact) mass is 749 g/mol. The van der Waals surface area contributed by atoms with E-state index in [-0.39, 0.29) is 29.8 Å². The van der Waals surface area contributed by atoms with E-state index in [4.69, 9.17) is 35.4 Å². The van der Waals surface area contributed by atoms with E-state index in [9.17, 15) is 8.42 Å². The molecule has 20 heteroatoms. The van der Waals surface area contributed by atoms with Gasteiger partial charge in [-0.3, -0.25) is 0 Å². The van der Waals surface area contributed by atoms with Crippen LogP contribution in [0.15, 0.2) is 46.3 Å². The summed E-state index contributed by atoms with van der Waals surface area (Å²) in [6.07, 6.45) is 0.338. The molecule has 4 aromatic rings. The van der Waals surface area contributed by atoms with Crippen LogP contribution in [0.1, 0.15) is 23.6 Å². The summed E-state index contributed by atoms with van der Waals surface area (Å²) >= 11 is 0. The van der Waals surface area contributed by atoms with E-state index >= 15 is 0 Å². The molecule has 7 N–H and O–H groups in total. The van der Waals surface area contributed by atoms with Gasteiger partial charge in [0.05, 0.1) is 51.2 Å². The molecule has 2 aromatic heterocycles. The van der Waals surface area contributed by atoms with Gasteiger partial charge < -0.3 is 50.8 Å². The Kier molecular flexibility index (Phi) is 11.1. The van der Waals surface area contributed by atoms with Gasteiger partial charge in [-0.1, -0.05) is 12.1 Å². The molecular formula is C33H43N13O6S. The second kappa shape index (κ2) is 15.9. The van der Waals surface area contributed by atoms with Crippen molar-refractivity contribution in [3.05, 3.63) is 47.5 Å². The lowest BCUT2D eigenvalue weighted by Crippen LogP contribution is -2.38. The molecule has 1 unspecified atom stereocenters. The van der Waals surface area contributed by atoms with Gasteiger partial charge in [0.25, 0.3) is 0 Å². The predicted octanol–water partition coefficient (Wildman–Crippen LogP) is 1.82. The van der Waals surface area contributed by atoms with Crippen LogP contribution in [0.25, 0.3) is 0 Å². The zero-order chi connectivity index (χ0) is 37.7. The topological polar surface area (TPSA) is 242 Å². The maximum Gasteiger partial charge on any atom is 0.240 e. The number of methoxy groups -OCH3 is 3. The third kappa shape index (κ3) is 8.34. The van der Waals surface area contributed by atoms with Gasteiger partial charge in [-0.25, -0.2) is 18.1 Å². The molecule has 1 saturated heterocycles. The van der Waals surface area contributed by atoms with Crippen LogP contribution in [0, 0.1) is 0 Å². The molecule has 282 valence electrons. The van der Waals surface area contributed by atoms with Crippen molar-refractivity contribution in [1.29, 1.82) is 0 Å². The minimum atomic E-state index is -3.87. The van der Waals surface area contributed by atoms with Crippen LogP contribution >= 0.6 is 0 Å². The second-order valence-corrected chi connectivity index (χ2v) is 14.0. The van der Waals surface area contributed by atoms with Crippen molar-refractivity contribution in [2.24, 2.45) is 4.99 Å². The third-order valence-electron chi connectivity index (χ3n) is 8.48. The molecule has 0 saturated carbocycles. The molecule has 0 radical (unpaired) electrons. The summed E-state index contributed by atoms with van der Waals surface area (Å²) in [7, 11) is 4.42. The Balaban J connectivity index is 1.19. The zero-order valence-electron chi connectivity index (χ0n) is 30.1. The number of anilines is 6. The van der Waals surface area contributed by atoms with Gasteiger partial charge in [0.15, 0.2) is 23.1 Å². The summed E-state index contributed by atoms with van der Waals surface area (Å²) in [4.78, 5) is 30.7. The van der Waals surface area contributed by atoms with Gasteiger partial charge in [-0.2, -0.15) is 24.9 Å². The number of nitrogen functional groups attached to an aromatic ring is 2. The summed E-state index contributed by atoms with van der Waals surface area (Å²) < 4.78 is 51.4. The van der Waals surface area contributed by atoms with Crippen molar-refractivity contribution in [3.8, 4) is 17.2 Å². The standard InChI is InChI=1S/C33H43N13O6S/c1-45(2)32-42-31(43-33(44-32)46-12-14-52-15-13-46)36-10-11-37-53(47,48)21-8-6-19(7-9-21)22-18-23(39-29-26(38-22)28(34)40-30(35)41-29)20-16-24(49-3)27(51-5)25(17-20)50-4/h6-9,16-17,23,37H,10-15,18H2,1-5H3,(H,36,42,43,44)(H5,34,35,39,40,41). The predicted molar refractivity (Wildman–Crippen MR) is 201 cm³/mol. The number of benzene rings is 2. The second-order valence-electron chi connectivity index (χ2n) is 12.2. The summed E-state index contributed by atoms with van der Waals surface area (Å²) in [5.74, 6) is 3.15. The number of aromatic nitrogens is 5. The van der Waals surface area contributed by atoms with E-state index in [0.29, 0.717) is 90.6 Å². The maximum atomic E-state index is 13.3. The fourth-order valence-corrected chi connectivity index (χ4v) is 6.82. The first-order valence-electron chi connectivity index (χ1n) is 16.7. The van der Waals surface area contributed by atoms with E-state index in [1.54, 1.807) is 17.0 Å². The van der Waals surface area contributed by atoms with Crippen molar-refractivity contribution in [3.63, 3.8) is 0 Å². The normalized spacial score (nSPS) is 15.8. The number of nitrogens with one attached hydrogen (secondary N) is 3. The number of morpholine rings is 1. The van der Waals surface area contributed by atoms with E-state index in [1.807, 2.05) is 31.1 Å². The van der Waals surface area contributed by atoms with Crippen molar-refractivity contribution >= 4 is 56.9 Å². The van der Waals surface area contributed by atoms with Gasteiger partial charge in [-0.05, 0) is 35.4 Å². The molecule has 6 rings (SSSR count). The quantitative estimate of drug-likeness (QED) is 0.122. The highest BCUT2D eigenvalue weighted by Crippen LogP contribution is 2.43. The highest BCUT2D eigenvalue weighted by atomic mass is 32.2. The Bertz CT molecular complexity index is 2050. The number of fused-ring (bicyclic) bond motifs is 1. The smallest absolute Gasteiger partial charge is 0.240 e. The lowest BCUT2D eigenvalue weighted by molar-refractivity contribution is 0.122. The number of ether oxygens (including phenoxy) is 4. The van der Waals surface area contributed by atoms with Gasteiger partial charge in [0.1, 0.15) is 5.69 Å². The number of aliphatic imine (C=N–C) groups is 1. The lowest BCUT2D eigenvalue weighted by Gasteiger charge is -2.27. The molecule has 2 aliphatic rings. The van der Waals surface area contributed by atoms with Gasteiger partial charge >= 0.3 is 0 Å². The fraction of sp³-hybridized carbons (Fsp3) is 0.394. The first-order chi connectivity index (χ1) is 25.5. The van der Waals surface area contributed by atoms with Crippen molar-refractivity contribution < 1.29 is 27.4 Å². The number of hydrogen-bond acceptors (Lipinski definition) is 18. The van der Waals surface area contributed by atoms with Crippen LogP contribution in [-0.4, -0.2) is 114 Å². The van der Waals surface area contributed by atoms with Crippen molar-refractivity contribution in [1.82, 2.24) is 29.6 Å². The molecule has 2 aliphatic heterocycles. The summed E-state index contributed by atoms with van der Waals surface area (Å²) in [5, 5.41) is 6.50. The Morgan fingerprint density at radius 2 is 1.64 bits per heavy atom. The van der Waals surface area contributed by atoms with Crippen LogP contribution in [0.3, 0.4) is 0 Å². The average molecular weight is 750 g/mol. The lowest BCUT2D eigenvalue weighted by atomic mass is 9.96. The number of nitrogens with zero attached hydrogens (tertiary/aromatic N) is 8. The van der Waals surface area contributed by atoms with Crippen molar-refractivity contribution in [2.75, 3.05) is 107 Å². The molecule has 0 spiro atoms. The molecule has 4 heterocycles. The highest BCUT2D eigenvalue weighted by molar-refractivity contribution is 7.89. The molecule has 2 aromatic carbocycles. The number of sulfonamides is 1. The molecule has 1 atom stereocenters. The van der Waals surface area contributed by atoms with Gasteiger partial charge in [0.2, 0.25) is 39.6 Å². The molecule has 53 heavy (non-hydrogen) atoms. The molecule has 0 amide bonds. The fourth-order valence-electron chi connectivity index (χ4n) is 5.78. The number of hydrogen-bond donors (Lipinski definition) is 5. The average Bonchev–Trinajstić information content (AvgIpc) is 3.36. The van der Waals surface area contributed by atoms with Crippen molar-refractivity contribution in [2.45, 2.75) is 17.4 Å². The van der Waals surface area contributed by atoms with Crippen LogP contribution in [0.5, 0.6) is 17.2 Å². The molecule has 19 nitrogen and oxygen atoms in total. The van der Waals surface area contributed by atoms with E-state index in [2.05, 4.69) is 40.3 Å². The summed E-state index contributed by atoms with van der Waals surface area (Å²) in [5.41, 5.74) is 14.5. The molecule has 0 bridgehead atoms. The Morgan fingerprint density at radius 3 is 2.28 bits per heavy atom.